The van der Waals surface area contributed by atoms with Crippen molar-refractivity contribution in [3.05, 3.63) is 80.0 Å². The van der Waals surface area contributed by atoms with Crippen LogP contribution in [-0.2, 0) is 17.8 Å². The molecule has 2 aromatic carbocycles. The molecule has 1 atom stereocenters. The number of amides is 1. The first-order chi connectivity index (χ1) is 15.4. The van der Waals surface area contributed by atoms with Crippen molar-refractivity contribution in [1.82, 2.24) is 15.1 Å². The Labute approximate surface area is 200 Å². The highest BCUT2D eigenvalue weighted by Crippen LogP contribution is 2.30. The number of esters is 1. The van der Waals surface area contributed by atoms with Crippen LogP contribution in [0.15, 0.2) is 48.5 Å². The van der Waals surface area contributed by atoms with E-state index >= 15 is 0 Å². The molecule has 1 amide bonds. The van der Waals surface area contributed by atoms with Crippen molar-refractivity contribution in [1.29, 1.82) is 0 Å². The first-order valence-corrected chi connectivity index (χ1v) is 11.5. The second-order valence-electron chi connectivity index (χ2n) is 7.86. The summed E-state index contributed by atoms with van der Waals surface area (Å²) in [4.78, 5) is 27.1. The zero-order chi connectivity index (χ0) is 22.8. The fourth-order valence-electron chi connectivity index (χ4n) is 3.98. The van der Waals surface area contributed by atoms with Crippen LogP contribution in [0.25, 0.3) is 0 Å². The minimum atomic E-state index is -0.382. The number of hydrogen-bond donors (Lipinski definition) is 1. The van der Waals surface area contributed by atoms with Gasteiger partial charge in [0.05, 0.1) is 31.0 Å². The van der Waals surface area contributed by atoms with Crippen molar-refractivity contribution in [3.63, 3.8) is 0 Å². The maximum atomic E-state index is 13.3. The van der Waals surface area contributed by atoms with E-state index in [1.807, 2.05) is 30.7 Å². The van der Waals surface area contributed by atoms with Gasteiger partial charge in [0.25, 0.3) is 5.91 Å². The molecule has 32 heavy (non-hydrogen) atoms. The molecule has 0 radical (unpaired) electrons. The van der Waals surface area contributed by atoms with Crippen molar-refractivity contribution in [3.8, 4) is 0 Å². The summed E-state index contributed by atoms with van der Waals surface area (Å²) in [5.41, 5.74) is 3.92. The van der Waals surface area contributed by atoms with Gasteiger partial charge in [-0.15, -0.1) is 0 Å². The molecule has 1 aromatic heterocycles. The fourth-order valence-corrected chi connectivity index (χ4v) is 4.34. The Balaban J connectivity index is 1.52. The number of nitrogens with zero attached hydrogens (tertiary/aromatic N) is 3. The third kappa shape index (κ3) is 4.50. The van der Waals surface area contributed by atoms with Gasteiger partial charge in [0, 0.05) is 16.7 Å². The molecule has 2 heterocycles. The summed E-state index contributed by atoms with van der Waals surface area (Å²) in [6.07, 6.45) is 0. The van der Waals surface area contributed by atoms with Gasteiger partial charge in [-0.1, -0.05) is 24.3 Å². The maximum absolute atomic E-state index is 13.3. The van der Waals surface area contributed by atoms with E-state index < -0.39 is 0 Å². The van der Waals surface area contributed by atoms with E-state index in [9.17, 15) is 9.59 Å². The van der Waals surface area contributed by atoms with Gasteiger partial charge in [0.2, 0.25) is 0 Å². The number of benzene rings is 2. The SMILES string of the molecule is COC(=O)c1ccc([C@H](C)NC(=O)c2c(C)nn3c2N(Cc2ccc(I)cc2)CC3)cc1. The number of aryl methyl sites for hydroxylation is 1. The Kier molecular flexibility index (Phi) is 6.50. The molecule has 0 unspecified atom stereocenters. The van der Waals surface area contributed by atoms with E-state index in [0.29, 0.717) is 11.1 Å². The average Bonchev–Trinajstić information content (AvgIpc) is 3.32. The van der Waals surface area contributed by atoms with Gasteiger partial charge < -0.3 is 15.0 Å². The van der Waals surface area contributed by atoms with E-state index in [2.05, 4.69) is 62.2 Å². The van der Waals surface area contributed by atoms with E-state index in [1.165, 1.54) is 16.2 Å². The smallest absolute Gasteiger partial charge is 0.337 e. The van der Waals surface area contributed by atoms with Crippen molar-refractivity contribution < 1.29 is 14.3 Å². The first kappa shape index (κ1) is 22.3. The number of ether oxygens (including phenoxy) is 1. The minimum Gasteiger partial charge on any atom is -0.465 e. The topological polar surface area (TPSA) is 76.5 Å². The molecule has 4 rings (SSSR count). The number of fused-ring (bicyclic) bond motifs is 1. The van der Waals surface area contributed by atoms with Crippen molar-refractivity contribution in [2.45, 2.75) is 33.0 Å². The lowest BCUT2D eigenvalue weighted by Gasteiger charge is -2.20. The second kappa shape index (κ2) is 9.32. The molecule has 1 aliphatic rings. The maximum Gasteiger partial charge on any atom is 0.337 e. The predicted molar refractivity (Wildman–Crippen MR) is 131 cm³/mol. The quantitative estimate of drug-likeness (QED) is 0.374. The van der Waals surface area contributed by atoms with Crippen molar-refractivity contribution >= 4 is 40.3 Å². The van der Waals surface area contributed by atoms with Crippen LogP contribution in [0.1, 0.15) is 50.5 Å². The summed E-state index contributed by atoms with van der Waals surface area (Å²) < 4.78 is 7.86. The normalized spacial score (nSPS) is 13.6. The second-order valence-corrected chi connectivity index (χ2v) is 9.11. The van der Waals surface area contributed by atoms with Gasteiger partial charge in [-0.2, -0.15) is 5.10 Å². The fraction of sp³-hybridized carbons (Fsp3) is 0.292. The van der Waals surface area contributed by atoms with E-state index in [-0.39, 0.29) is 17.9 Å². The summed E-state index contributed by atoms with van der Waals surface area (Å²) in [7, 11) is 1.35. The van der Waals surface area contributed by atoms with Crippen LogP contribution in [0.3, 0.4) is 0 Å². The Morgan fingerprint density at radius 1 is 1.12 bits per heavy atom. The number of carbonyl (C=O) groups excluding carboxylic acids is 2. The Hall–Kier alpha value is -2.88. The highest BCUT2D eigenvalue weighted by atomic mass is 127. The molecule has 1 aliphatic heterocycles. The molecule has 0 aliphatic carbocycles. The van der Waals surface area contributed by atoms with Crippen LogP contribution in [-0.4, -0.2) is 35.3 Å². The Bertz CT molecular complexity index is 1140. The summed E-state index contributed by atoms with van der Waals surface area (Å²) in [6, 6.07) is 15.3. The molecular weight excluding hydrogens is 519 g/mol. The van der Waals surface area contributed by atoms with Gasteiger partial charge in [-0.25, -0.2) is 9.48 Å². The number of hydrogen-bond acceptors (Lipinski definition) is 5. The summed E-state index contributed by atoms with van der Waals surface area (Å²) in [5.74, 6) is 0.335. The molecule has 1 N–H and O–H groups in total. The molecule has 0 saturated heterocycles. The number of nitrogens with one attached hydrogen (secondary N) is 1. The average molecular weight is 544 g/mol. The molecule has 0 fully saturated rings. The van der Waals surface area contributed by atoms with E-state index in [4.69, 9.17) is 4.74 Å². The number of aromatic nitrogens is 2. The standard InChI is InChI=1S/C24H25IN4O3/c1-15(18-6-8-19(9-7-18)24(31)32-3)26-22(30)21-16(2)27-29-13-12-28(23(21)29)14-17-4-10-20(25)11-5-17/h4-11,15H,12-14H2,1-3H3,(H,26,30)/t15-/m0/s1. The summed E-state index contributed by atoms with van der Waals surface area (Å²) in [5, 5.41) is 7.69. The lowest BCUT2D eigenvalue weighted by atomic mass is 10.1. The molecule has 3 aromatic rings. The van der Waals surface area contributed by atoms with Gasteiger partial charge >= 0.3 is 5.97 Å². The molecular formula is C24H25IN4O3. The number of rotatable bonds is 6. The number of methoxy groups -OCH3 is 1. The lowest BCUT2D eigenvalue weighted by molar-refractivity contribution is 0.0600. The minimum absolute atomic E-state index is 0.150. The van der Waals surface area contributed by atoms with Crippen LogP contribution >= 0.6 is 22.6 Å². The Morgan fingerprint density at radius 2 is 1.81 bits per heavy atom. The third-order valence-electron chi connectivity index (χ3n) is 5.68. The van der Waals surface area contributed by atoms with Gasteiger partial charge in [-0.3, -0.25) is 4.79 Å². The molecule has 7 nitrogen and oxygen atoms in total. The largest absolute Gasteiger partial charge is 0.465 e. The zero-order valence-electron chi connectivity index (χ0n) is 18.3. The first-order valence-electron chi connectivity index (χ1n) is 10.4. The van der Waals surface area contributed by atoms with Crippen LogP contribution < -0.4 is 10.2 Å². The zero-order valence-corrected chi connectivity index (χ0v) is 20.4. The number of carbonyl (C=O) groups is 2. The van der Waals surface area contributed by atoms with Crippen LogP contribution in [0.2, 0.25) is 0 Å². The Morgan fingerprint density at radius 3 is 2.47 bits per heavy atom. The lowest BCUT2D eigenvalue weighted by Crippen LogP contribution is -2.29. The molecule has 166 valence electrons. The van der Waals surface area contributed by atoms with Crippen LogP contribution in [0.4, 0.5) is 5.82 Å². The molecule has 0 spiro atoms. The predicted octanol–water partition coefficient (Wildman–Crippen LogP) is 4.09. The highest BCUT2D eigenvalue weighted by Gasteiger charge is 2.30. The van der Waals surface area contributed by atoms with Crippen LogP contribution in [0.5, 0.6) is 0 Å². The van der Waals surface area contributed by atoms with Crippen molar-refractivity contribution in [2.24, 2.45) is 0 Å². The van der Waals surface area contributed by atoms with Crippen molar-refractivity contribution in [2.75, 3.05) is 18.6 Å². The van der Waals surface area contributed by atoms with E-state index in [1.54, 1.807) is 12.1 Å². The summed E-state index contributed by atoms with van der Waals surface area (Å²) >= 11 is 2.30. The van der Waals surface area contributed by atoms with E-state index in [0.717, 1.165) is 36.7 Å². The summed E-state index contributed by atoms with van der Waals surface area (Å²) in [6.45, 7) is 6.11. The van der Waals surface area contributed by atoms with Crippen LogP contribution in [0, 0.1) is 10.5 Å². The molecule has 8 heteroatoms. The third-order valence-corrected chi connectivity index (χ3v) is 6.39. The molecule has 0 saturated carbocycles. The number of halogens is 1. The molecule has 0 bridgehead atoms. The highest BCUT2D eigenvalue weighted by molar-refractivity contribution is 14.1. The van der Waals surface area contributed by atoms with Gasteiger partial charge in [-0.05, 0) is 71.8 Å². The number of anilines is 1. The van der Waals surface area contributed by atoms with Gasteiger partial charge in [0.15, 0.2) is 0 Å². The van der Waals surface area contributed by atoms with Gasteiger partial charge in [0.1, 0.15) is 11.4 Å². The monoisotopic (exact) mass is 544 g/mol.